The topological polar surface area (TPSA) is 76.5 Å². The summed E-state index contributed by atoms with van der Waals surface area (Å²) in [4.78, 5) is 18.3. The van der Waals surface area contributed by atoms with E-state index >= 15 is 0 Å². The fraction of sp³-hybridized carbons (Fsp3) is 0.536. The van der Waals surface area contributed by atoms with E-state index in [0.717, 1.165) is 18.7 Å². The van der Waals surface area contributed by atoms with Gasteiger partial charge in [0, 0.05) is 51.9 Å². The third-order valence-electron chi connectivity index (χ3n) is 7.33. The van der Waals surface area contributed by atoms with Gasteiger partial charge in [0.1, 0.15) is 18.0 Å². The average Bonchev–Trinajstić information content (AvgIpc) is 2.98. The van der Waals surface area contributed by atoms with Crippen molar-refractivity contribution in [1.29, 1.82) is 0 Å². The van der Waals surface area contributed by atoms with Gasteiger partial charge in [0.05, 0.1) is 12.1 Å². The van der Waals surface area contributed by atoms with E-state index in [1.54, 1.807) is 4.90 Å². The van der Waals surface area contributed by atoms with Crippen LogP contribution in [0.4, 0.5) is 5.69 Å². The largest absolute Gasteiger partial charge is 0.490 e. The Morgan fingerprint density at radius 1 is 0.914 bits per heavy atom. The molecule has 1 amide bonds. The lowest BCUT2D eigenvalue weighted by molar-refractivity contribution is -0.132. The Balaban J connectivity index is 1.41. The highest BCUT2D eigenvalue weighted by molar-refractivity contribution is 5.73. The first-order chi connectivity index (χ1) is 16.6. The molecule has 2 N–H and O–H groups in total. The maximum atomic E-state index is 12.2. The zero-order chi connectivity index (χ0) is 25.1. The van der Waals surface area contributed by atoms with Crippen LogP contribution in [0, 0.1) is 13.8 Å². The summed E-state index contributed by atoms with van der Waals surface area (Å²) in [7, 11) is 0. The van der Waals surface area contributed by atoms with Gasteiger partial charge in [-0.15, -0.1) is 0 Å². The monoisotopic (exact) mass is 481 g/mol. The van der Waals surface area contributed by atoms with Crippen molar-refractivity contribution in [2.45, 2.75) is 44.8 Å². The van der Waals surface area contributed by atoms with E-state index in [1.807, 2.05) is 37.3 Å². The zero-order valence-electron chi connectivity index (χ0n) is 21.2. The van der Waals surface area contributed by atoms with Gasteiger partial charge in [-0.3, -0.25) is 9.69 Å². The lowest BCUT2D eigenvalue weighted by Gasteiger charge is -2.43. The van der Waals surface area contributed by atoms with Gasteiger partial charge in [0.15, 0.2) is 0 Å². The first-order valence-electron chi connectivity index (χ1n) is 12.6. The summed E-state index contributed by atoms with van der Waals surface area (Å²) >= 11 is 0. The van der Waals surface area contributed by atoms with Crippen LogP contribution in [0.25, 0.3) is 0 Å². The van der Waals surface area contributed by atoms with Gasteiger partial charge >= 0.3 is 0 Å². The van der Waals surface area contributed by atoms with E-state index < -0.39 is 11.2 Å². The molecule has 7 heteroatoms. The Hall–Kier alpha value is -2.61. The molecular weight excluding hydrogens is 442 g/mol. The number of rotatable bonds is 6. The molecule has 2 aliphatic rings. The van der Waals surface area contributed by atoms with E-state index in [4.69, 9.17) is 4.74 Å². The summed E-state index contributed by atoms with van der Waals surface area (Å²) < 4.78 is 5.94. The van der Waals surface area contributed by atoms with Crippen molar-refractivity contribution in [3.05, 3.63) is 59.7 Å². The highest BCUT2D eigenvalue weighted by atomic mass is 16.5. The fourth-order valence-electron chi connectivity index (χ4n) is 5.25. The van der Waals surface area contributed by atoms with Gasteiger partial charge in [-0.1, -0.05) is 35.9 Å². The number of carbonyl (C=O) groups is 1. The van der Waals surface area contributed by atoms with E-state index in [2.05, 4.69) is 34.9 Å². The number of ether oxygens (including phenoxy) is 1. The number of aliphatic hydroxyl groups is 2. The molecule has 7 nitrogen and oxygen atoms in total. The molecule has 0 aliphatic carbocycles. The van der Waals surface area contributed by atoms with Crippen LogP contribution in [0.3, 0.4) is 0 Å². The lowest BCUT2D eigenvalue weighted by atomic mass is 9.89. The van der Waals surface area contributed by atoms with Gasteiger partial charge in [0.25, 0.3) is 0 Å². The number of carbonyl (C=O) groups excluding carboxylic acids is 1. The highest BCUT2D eigenvalue weighted by Crippen LogP contribution is 2.30. The smallest absolute Gasteiger partial charge is 0.219 e. The predicted octanol–water partition coefficient (Wildman–Crippen LogP) is 2.61. The molecule has 190 valence electrons. The first-order valence-corrected chi connectivity index (χ1v) is 12.6. The van der Waals surface area contributed by atoms with E-state index in [9.17, 15) is 15.0 Å². The van der Waals surface area contributed by atoms with Gasteiger partial charge in [0.2, 0.25) is 5.91 Å². The molecule has 0 aromatic heterocycles. The van der Waals surface area contributed by atoms with Crippen LogP contribution in [0.2, 0.25) is 0 Å². The second kappa shape index (κ2) is 10.6. The summed E-state index contributed by atoms with van der Waals surface area (Å²) in [6, 6.07) is 16.1. The van der Waals surface area contributed by atoms with E-state index in [-0.39, 0.29) is 19.1 Å². The Morgan fingerprint density at radius 3 is 2.26 bits per heavy atom. The molecule has 0 saturated carbocycles. The van der Waals surface area contributed by atoms with Crippen molar-refractivity contribution >= 4 is 11.6 Å². The minimum atomic E-state index is -1.23. The molecule has 4 rings (SSSR count). The molecule has 1 atom stereocenters. The number of aryl methyl sites for hydroxylation is 2. The number of benzene rings is 2. The van der Waals surface area contributed by atoms with Crippen LogP contribution < -0.4 is 9.64 Å². The number of nitrogens with zero attached hydrogens (tertiary/aromatic N) is 3. The summed E-state index contributed by atoms with van der Waals surface area (Å²) in [6.07, 6.45) is 1.32. The lowest BCUT2D eigenvalue weighted by Crippen LogP contribution is -2.55. The Labute approximate surface area is 208 Å². The number of hydrogen-bond acceptors (Lipinski definition) is 6. The summed E-state index contributed by atoms with van der Waals surface area (Å²) in [5.41, 5.74) is 1.55. The molecule has 2 aliphatic heterocycles. The molecular formula is C28H39N3O4. The standard InChI is InChI=1S/C28H39N3O4/c1-22-8-10-25(11-9-22)35-21-28(34)19-29(16-17-31(20-28)24(3)32)18-27(33)12-14-30(15-13-27)26-7-5-4-6-23(26)2/h4-11,33-34H,12-21H2,1-3H3/t28-/m1/s1. The van der Waals surface area contributed by atoms with Gasteiger partial charge in [-0.2, -0.15) is 0 Å². The molecule has 2 aromatic rings. The third-order valence-corrected chi connectivity index (χ3v) is 7.33. The molecule has 2 saturated heterocycles. The van der Waals surface area contributed by atoms with Crippen molar-refractivity contribution < 1.29 is 19.7 Å². The number of anilines is 1. The Morgan fingerprint density at radius 2 is 1.60 bits per heavy atom. The van der Waals surface area contributed by atoms with Crippen molar-refractivity contribution in [1.82, 2.24) is 9.80 Å². The van der Waals surface area contributed by atoms with Crippen molar-refractivity contribution in [3.63, 3.8) is 0 Å². The average molecular weight is 482 g/mol. The SMILES string of the molecule is CC(=O)N1CCN(CC2(O)CCN(c3ccccc3C)CC2)C[C@](O)(COc2ccc(C)cc2)C1. The second-order valence-corrected chi connectivity index (χ2v) is 10.5. The van der Waals surface area contributed by atoms with E-state index in [1.165, 1.54) is 18.2 Å². The van der Waals surface area contributed by atoms with Crippen LogP contribution in [0.15, 0.2) is 48.5 Å². The van der Waals surface area contributed by atoms with E-state index in [0.29, 0.717) is 44.8 Å². The summed E-state index contributed by atoms with van der Waals surface area (Å²) in [5.74, 6) is 0.627. The van der Waals surface area contributed by atoms with Gasteiger partial charge in [-0.25, -0.2) is 0 Å². The van der Waals surface area contributed by atoms with Crippen LogP contribution in [-0.4, -0.2) is 89.5 Å². The molecule has 0 radical (unpaired) electrons. The van der Waals surface area contributed by atoms with Crippen molar-refractivity contribution in [3.8, 4) is 5.75 Å². The molecule has 2 heterocycles. The van der Waals surface area contributed by atoms with Gasteiger partial charge < -0.3 is 24.7 Å². The summed E-state index contributed by atoms with van der Waals surface area (Å²) in [5, 5.41) is 23.0. The van der Waals surface area contributed by atoms with Crippen molar-refractivity contribution in [2.75, 3.05) is 57.3 Å². The highest BCUT2D eigenvalue weighted by Gasteiger charge is 2.41. The van der Waals surface area contributed by atoms with Crippen LogP contribution in [0.5, 0.6) is 5.75 Å². The van der Waals surface area contributed by atoms with Crippen LogP contribution in [0.1, 0.15) is 30.9 Å². The van der Waals surface area contributed by atoms with Crippen LogP contribution in [-0.2, 0) is 4.79 Å². The minimum absolute atomic E-state index is 0.0640. The predicted molar refractivity (Wildman–Crippen MR) is 138 cm³/mol. The molecule has 0 bridgehead atoms. The molecule has 0 unspecified atom stereocenters. The van der Waals surface area contributed by atoms with Gasteiger partial charge in [-0.05, 0) is 50.5 Å². The second-order valence-electron chi connectivity index (χ2n) is 10.5. The fourth-order valence-corrected chi connectivity index (χ4v) is 5.25. The first kappa shape index (κ1) is 25.5. The molecule has 2 fully saturated rings. The maximum Gasteiger partial charge on any atom is 0.219 e. The minimum Gasteiger partial charge on any atom is -0.490 e. The third kappa shape index (κ3) is 6.54. The van der Waals surface area contributed by atoms with Crippen LogP contribution >= 0.6 is 0 Å². The molecule has 0 spiro atoms. The number of piperidine rings is 1. The number of β-amino-alcohol motifs (C(OH)–C–C–N with tert-alkyl or cyclic N) is 2. The number of hydrogen-bond donors (Lipinski definition) is 2. The number of para-hydroxylation sites is 1. The zero-order valence-corrected chi connectivity index (χ0v) is 21.2. The Bertz CT molecular complexity index is 1000. The molecule has 35 heavy (non-hydrogen) atoms. The quantitative estimate of drug-likeness (QED) is 0.661. The molecule has 2 aromatic carbocycles. The maximum absolute atomic E-state index is 12.2. The normalized spacial score (nSPS) is 23.1. The number of amides is 1. The van der Waals surface area contributed by atoms with Crippen molar-refractivity contribution in [2.24, 2.45) is 0 Å². The summed E-state index contributed by atoms with van der Waals surface area (Å²) in [6.45, 7) is 9.47. The Kier molecular flexibility index (Phi) is 7.69.